The lowest BCUT2D eigenvalue weighted by molar-refractivity contribution is 0.996. The topological polar surface area (TPSA) is 12.9 Å². The Labute approximate surface area is 72.4 Å². The number of hydrogen-bond donors (Lipinski definition) is 0. The second-order valence-corrected chi connectivity index (χ2v) is 3.07. The van der Waals surface area contributed by atoms with E-state index in [4.69, 9.17) is 11.6 Å². The maximum atomic E-state index is 5.79. The maximum absolute atomic E-state index is 5.79. The lowest BCUT2D eigenvalue weighted by Crippen LogP contribution is -1.94. The van der Waals surface area contributed by atoms with E-state index in [1.807, 2.05) is 6.07 Å². The first-order valence-electron chi connectivity index (χ1n) is 3.77. The zero-order valence-corrected chi connectivity index (χ0v) is 7.87. The molecule has 0 aliphatic heterocycles. The molecule has 11 heavy (non-hydrogen) atoms. The number of rotatable bonds is 1. The van der Waals surface area contributed by atoms with Crippen LogP contribution < -0.4 is 0 Å². The highest BCUT2D eigenvalue weighted by molar-refractivity contribution is 6.29. The lowest BCUT2D eigenvalue weighted by atomic mass is 10.1. The van der Waals surface area contributed by atoms with E-state index in [2.05, 4.69) is 25.8 Å². The van der Waals surface area contributed by atoms with Gasteiger partial charge in [0.2, 0.25) is 0 Å². The van der Waals surface area contributed by atoms with Gasteiger partial charge in [-0.25, -0.2) is 4.98 Å². The van der Waals surface area contributed by atoms with Crippen LogP contribution in [0.5, 0.6) is 0 Å². The largest absolute Gasteiger partial charge is 0.241 e. The van der Waals surface area contributed by atoms with Crippen molar-refractivity contribution in [1.82, 2.24) is 4.98 Å². The van der Waals surface area contributed by atoms with E-state index in [0.29, 0.717) is 5.15 Å². The highest BCUT2D eigenvalue weighted by Crippen LogP contribution is 2.15. The molecular formula is C9H12ClN. The van der Waals surface area contributed by atoms with E-state index in [0.717, 1.165) is 12.1 Å². The summed E-state index contributed by atoms with van der Waals surface area (Å²) in [6.07, 6.45) is 0.952. The molecule has 0 aliphatic rings. The first-order chi connectivity index (χ1) is 5.15. The number of aryl methyl sites for hydroxylation is 2. The van der Waals surface area contributed by atoms with Gasteiger partial charge in [-0.15, -0.1) is 0 Å². The third kappa shape index (κ3) is 1.72. The zero-order valence-electron chi connectivity index (χ0n) is 7.11. The fraction of sp³-hybridized carbons (Fsp3) is 0.444. The van der Waals surface area contributed by atoms with Crippen LogP contribution >= 0.6 is 11.6 Å². The Morgan fingerprint density at radius 2 is 2.09 bits per heavy atom. The van der Waals surface area contributed by atoms with Gasteiger partial charge in [-0.1, -0.05) is 18.5 Å². The van der Waals surface area contributed by atoms with Gasteiger partial charge in [0.15, 0.2) is 0 Å². The number of hydrogen-bond acceptors (Lipinski definition) is 1. The molecule has 1 nitrogen and oxygen atoms in total. The van der Waals surface area contributed by atoms with E-state index in [1.54, 1.807) is 0 Å². The van der Waals surface area contributed by atoms with E-state index >= 15 is 0 Å². The average Bonchev–Trinajstić information content (AvgIpc) is 1.96. The van der Waals surface area contributed by atoms with Crippen LogP contribution in [0.2, 0.25) is 5.15 Å². The number of nitrogens with zero attached hydrogens (tertiary/aromatic N) is 1. The minimum absolute atomic E-state index is 0.602. The molecule has 0 aliphatic carbocycles. The first-order valence-corrected chi connectivity index (χ1v) is 4.15. The van der Waals surface area contributed by atoms with Crippen LogP contribution in [0, 0.1) is 13.8 Å². The first kappa shape index (κ1) is 8.54. The lowest BCUT2D eigenvalue weighted by Gasteiger charge is -2.05. The molecule has 0 unspecified atom stereocenters. The molecule has 0 spiro atoms. The zero-order chi connectivity index (χ0) is 8.43. The minimum Gasteiger partial charge on any atom is -0.241 e. The fourth-order valence-electron chi connectivity index (χ4n) is 1.10. The molecule has 1 aromatic heterocycles. The third-order valence-corrected chi connectivity index (χ3v) is 2.13. The molecule has 0 bridgehead atoms. The molecule has 1 heterocycles. The van der Waals surface area contributed by atoms with Gasteiger partial charge in [-0.3, -0.25) is 0 Å². The predicted octanol–water partition coefficient (Wildman–Crippen LogP) is 2.91. The van der Waals surface area contributed by atoms with Gasteiger partial charge in [0.05, 0.1) is 0 Å². The van der Waals surface area contributed by atoms with Crippen LogP contribution in [-0.2, 0) is 6.42 Å². The molecule has 0 N–H and O–H groups in total. The van der Waals surface area contributed by atoms with Crippen LogP contribution in [0.4, 0.5) is 0 Å². The van der Waals surface area contributed by atoms with Crippen LogP contribution in [0.3, 0.4) is 0 Å². The monoisotopic (exact) mass is 169 g/mol. The minimum atomic E-state index is 0.602. The molecule has 1 rings (SSSR count). The van der Waals surface area contributed by atoms with E-state index in [-0.39, 0.29) is 0 Å². The fourth-order valence-corrected chi connectivity index (χ4v) is 1.37. The number of pyridine rings is 1. The third-order valence-electron chi connectivity index (χ3n) is 1.94. The maximum Gasteiger partial charge on any atom is 0.129 e. The van der Waals surface area contributed by atoms with Crippen LogP contribution in [0.1, 0.15) is 23.7 Å². The molecule has 2 heteroatoms. The van der Waals surface area contributed by atoms with Crippen molar-refractivity contribution in [1.29, 1.82) is 0 Å². The second kappa shape index (κ2) is 3.22. The van der Waals surface area contributed by atoms with E-state index < -0.39 is 0 Å². The molecule has 0 amide bonds. The Morgan fingerprint density at radius 1 is 1.45 bits per heavy atom. The van der Waals surface area contributed by atoms with Gasteiger partial charge in [0, 0.05) is 5.69 Å². The van der Waals surface area contributed by atoms with Crippen LogP contribution in [-0.4, -0.2) is 4.98 Å². The number of aromatic nitrogens is 1. The SMILES string of the molecule is CCc1nc(Cl)cc(C)c1C. The van der Waals surface area contributed by atoms with Crippen molar-refractivity contribution in [3.63, 3.8) is 0 Å². The molecule has 0 saturated carbocycles. The summed E-state index contributed by atoms with van der Waals surface area (Å²) in [4.78, 5) is 4.22. The summed E-state index contributed by atoms with van der Waals surface area (Å²) in [7, 11) is 0. The summed E-state index contributed by atoms with van der Waals surface area (Å²) in [5.74, 6) is 0. The molecule has 0 aromatic carbocycles. The Balaban J connectivity index is 3.24. The molecule has 1 aromatic rings. The average molecular weight is 170 g/mol. The van der Waals surface area contributed by atoms with E-state index in [9.17, 15) is 0 Å². The van der Waals surface area contributed by atoms with Crippen molar-refractivity contribution in [3.05, 3.63) is 28.0 Å². The number of halogens is 1. The standard InChI is InChI=1S/C9H12ClN/c1-4-8-7(3)6(2)5-9(10)11-8/h5H,4H2,1-3H3. The van der Waals surface area contributed by atoms with Crippen LogP contribution in [0.15, 0.2) is 6.07 Å². The van der Waals surface area contributed by atoms with Gasteiger partial charge >= 0.3 is 0 Å². The molecular weight excluding hydrogens is 158 g/mol. The summed E-state index contributed by atoms with van der Waals surface area (Å²) in [5, 5.41) is 0.602. The van der Waals surface area contributed by atoms with Crippen molar-refractivity contribution >= 4 is 11.6 Å². The Kier molecular flexibility index (Phi) is 2.50. The molecule has 60 valence electrons. The summed E-state index contributed by atoms with van der Waals surface area (Å²) < 4.78 is 0. The molecule has 0 atom stereocenters. The Hall–Kier alpha value is -0.560. The van der Waals surface area contributed by atoms with Gasteiger partial charge in [0.1, 0.15) is 5.15 Å². The summed E-state index contributed by atoms with van der Waals surface area (Å²) in [6.45, 7) is 6.23. The second-order valence-electron chi connectivity index (χ2n) is 2.69. The molecule has 0 saturated heterocycles. The highest BCUT2D eigenvalue weighted by Gasteiger charge is 2.01. The van der Waals surface area contributed by atoms with Crippen LogP contribution in [0.25, 0.3) is 0 Å². The summed E-state index contributed by atoms with van der Waals surface area (Å²) >= 11 is 5.79. The van der Waals surface area contributed by atoms with Gasteiger partial charge in [-0.05, 0) is 37.5 Å². The van der Waals surface area contributed by atoms with Crippen molar-refractivity contribution in [2.75, 3.05) is 0 Å². The van der Waals surface area contributed by atoms with Gasteiger partial charge in [-0.2, -0.15) is 0 Å². The normalized spacial score (nSPS) is 10.2. The summed E-state index contributed by atoms with van der Waals surface area (Å²) in [5.41, 5.74) is 3.59. The molecule has 0 fully saturated rings. The van der Waals surface area contributed by atoms with E-state index in [1.165, 1.54) is 11.1 Å². The van der Waals surface area contributed by atoms with Crippen molar-refractivity contribution in [3.8, 4) is 0 Å². The smallest absolute Gasteiger partial charge is 0.129 e. The molecule has 0 radical (unpaired) electrons. The van der Waals surface area contributed by atoms with Crippen molar-refractivity contribution < 1.29 is 0 Å². The Bertz CT molecular complexity index is 269. The quantitative estimate of drug-likeness (QED) is 0.590. The highest BCUT2D eigenvalue weighted by atomic mass is 35.5. The Morgan fingerprint density at radius 3 is 2.64 bits per heavy atom. The predicted molar refractivity (Wildman–Crippen MR) is 48.1 cm³/mol. The van der Waals surface area contributed by atoms with Gasteiger partial charge < -0.3 is 0 Å². The van der Waals surface area contributed by atoms with Crippen molar-refractivity contribution in [2.24, 2.45) is 0 Å². The van der Waals surface area contributed by atoms with Gasteiger partial charge in [0.25, 0.3) is 0 Å². The van der Waals surface area contributed by atoms with Crippen molar-refractivity contribution in [2.45, 2.75) is 27.2 Å². The summed E-state index contributed by atoms with van der Waals surface area (Å²) in [6, 6.07) is 1.90.